The molecule has 2 aromatic rings. The van der Waals surface area contributed by atoms with Crippen molar-refractivity contribution >= 4 is 28.7 Å². The molecule has 28 heavy (non-hydrogen) atoms. The Kier molecular flexibility index (Phi) is 4.10. The summed E-state index contributed by atoms with van der Waals surface area (Å²) in [5, 5.41) is 6.84. The summed E-state index contributed by atoms with van der Waals surface area (Å²) in [5.41, 5.74) is 1.97. The normalized spacial score (nSPS) is 22.2. The number of hydrogen-bond donors (Lipinski definition) is 3. The number of nitrogens with zero attached hydrogens (tertiary/aromatic N) is 1. The molecule has 5 rings (SSSR count). The zero-order valence-electron chi connectivity index (χ0n) is 15.6. The minimum atomic E-state index is -0.637. The second-order valence-corrected chi connectivity index (χ2v) is 8.26. The second-order valence-electron chi connectivity index (χ2n) is 8.26. The number of rotatable bonds is 7. The molecule has 7 nitrogen and oxygen atoms in total. The summed E-state index contributed by atoms with van der Waals surface area (Å²) >= 11 is 0. The zero-order valence-corrected chi connectivity index (χ0v) is 15.6. The predicted octanol–water partition coefficient (Wildman–Crippen LogP) is 1.94. The first kappa shape index (κ1) is 17.3. The number of nitrogens with one attached hydrogen (secondary N) is 3. The molecule has 7 heteroatoms. The van der Waals surface area contributed by atoms with E-state index < -0.39 is 12.1 Å². The summed E-state index contributed by atoms with van der Waals surface area (Å²) in [7, 11) is 0. The number of imide groups is 1. The molecule has 3 aliphatic rings. The largest absolute Gasteiger partial charge is 0.361 e. The topological polar surface area (TPSA) is 94.3 Å². The van der Waals surface area contributed by atoms with Crippen molar-refractivity contribution in [1.82, 2.24) is 20.5 Å². The van der Waals surface area contributed by atoms with Crippen LogP contribution in [0.1, 0.15) is 31.2 Å². The van der Waals surface area contributed by atoms with E-state index in [1.54, 1.807) is 0 Å². The van der Waals surface area contributed by atoms with Crippen molar-refractivity contribution in [1.29, 1.82) is 0 Å². The third-order valence-electron chi connectivity index (χ3n) is 6.10. The molecular weight excluding hydrogens is 356 g/mol. The van der Waals surface area contributed by atoms with Gasteiger partial charge in [-0.05, 0) is 49.1 Å². The van der Waals surface area contributed by atoms with Gasteiger partial charge in [0, 0.05) is 29.6 Å². The number of benzene rings is 1. The Bertz CT molecular complexity index is 932. The van der Waals surface area contributed by atoms with Crippen molar-refractivity contribution in [2.45, 2.75) is 44.2 Å². The first-order valence-corrected chi connectivity index (χ1v) is 10.1. The van der Waals surface area contributed by atoms with Crippen molar-refractivity contribution in [2.75, 3.05) is 6.54 Å². The van der Waals surface area contributed by atoms with Crippen molar-refractivity contribution < 1.29 is 14.4 Å². The molecule has 0 bridgehead atoms. The average molecular weight is 380 g/mol. The Morgan fingerprint density at radius 1 is 1.14 bits per heavy atom. The second kappa shape index (κ2) is 6.65. The molecule has 2 heterocycles. The van der Waals surface area contributed by atoms with Crippen LogP contribution in [0.25, 0.3) is 10.9 Å². The quantitative estimate of drug-likeness (QED) is 0.641. The Labute approximate surface area is 162 Å². The molecule has 3 N–H and O–H groups in total. The van der Waals surface area contributed by atoms with Crippen molar-refractivity contribution in [3.63, 3.8) is 0 Å². The summed E-state index contributed by atoms with van der Waals surface area (Å²) in [4.78, 5) is 41.8. The molecule has 0 radical (unpaired) electrons. The van der Waals surface area contributed by atoms with E-state index in [1.807, 2.05) is 30.5 Å². The summed E-state index contributed by atoms with van der Waals surface area (Å²) < 4.78 is 0. The Hall–Kier alpha value is -2.83. The van der Waals surface area contributed by atoms with E-state index in [4.69, 9.17) is 0 Å². The highest BCUT2D eigenvalue weighted by molar-refractivity contribution is 6.06. The number of urea groups is 1. The van der Waals surface area contributed by atoms with Crippen LogP contribution in [-0.2, 0) is 16.0 Å². The van der Waals surface area contributed by atoms with Crippen LogP contribution in [0.5, 0.6) is 0 Å². The van der Waals surface area contributed by atoms with Crippen LogP contribution in [0.3, 0.4) is 0 Å². The number of hydrogen-bond acceptors (Lipinski definition) is 3. The minimum absolute atomic E-state index is 0.203. The Morgan fingerprint density at radius 2 is 1.86 bits per heavy atom. The lowest BCUT2D eigenvalue weighted by Crippen LogP contribution is -2.46. The van der Waals surface area contributed by atoms with Gasteiger partial charge in [-0.3, -0.25) is 14.5 Å². The van der Waals surface area contributed by atoms with Crippen LogP contribution in [0.4, 0.5) is 4.79 Å². The molecular formula is C21H24N4O3. The molecule has 0 spiro atoms. The van der Waals surface area contributed by atoms with Gasteiger partial charge in [-0.2, -0.15) is 0 Å². The van der Waals surface area contributed by atoms with Gasteiger partial charge in [0.2, 0.25) is 5.91 Å². The highest BCUT2D eigenvalue weighted by Gasteiger charge is 2.43. The van der Waals surface area contributed by atoms with Crippen LogP contribution < -0.4 is 10.6 Å². The van der Waals surface area contributed by atoms with Crippen LogP contribution in [0.15, 0.2) is 30.5 Å². The van der Waals surface area contributed by atoms with Crippen molar-refractivity contribution in [2.24, 2.45) is 11.8 Å². The maximum atomic E-state index is 12.7. The van der Waals surface area contributed by atoms with E-state index in [0.29, 0.717) is 18.3 Å². The summed E-state index contributed by atoms with van der Waals surface area (Å²) in [5.74, 6) is 0.586. The fourth-order valence-electron chi connectivity index (χ4n) is 4.29. The van der Waals surface area contributed by atoms with Crippen LogP contribution in [-0.4, -0.2) is 46.4 Å². The molecule has 4 amide bonds. The van der Waals surface area contributed by atoms with Gasteiger partial charge in [-0.25, -0.2) is 4.79 Å². The van der Waals surface area contributed by atoms with Gasteiger partial charge in [-0.1, -0.05) is 18.2 Å². The highest BCUT2D eigenvalue weighted by atomic mass is 16.2. The number of amides is 4. The van der Waals surface area contributed by atoms with Crippen LogP contribution >= 0.6 is 0 Å². The summed E-state index contributed by atoms with van der Waals surface area (Å²) in [6.45, 7) is -0.203. The third kappa shape index (κ3) is 3.25. The SMILES string of the molecule is O=C(CN1C(=O)NC(Cc2c[nH]c3ccccc23)C1=O)NC(C1CC1)C1CC1. The first-order valence-electron chi connectivity index (χ1n) is 10.1. The fraction of sp³-hybridized carbons (Fsp3) is 0.476. The van der Waals surface area contributed by atoms with Gasteiger partial charge in [0.05, 0.1) is 0 Å². The number of carbonyl (C=O) groups is 3. The smallest absolute Gasteiger partial charge is 0.325 e. The van der Waals surface area contributed by atoms with Gasteiger partial charge in [0.25, 0.3) is 5.91 Å². The number of carbonyl (C=O) groups excluding carboxylic acids is 3. The molecule has 1 saturated heterocycles. The lowest BCUT2D eigenvalue weighted by molar-refractivity contribution is -0.132. The van der Waals surface area contributed by atoms with E-state index >= 15 is 0 Å². The molecule has 3 fully saturated rings. The van der Waals surface area contributed by atoms with E-state index in [-0.39, 0.29) is 24.4 Å². The number of fused-ring (bicyclic) bond motifs is 1. The van der Waals surface area contributed by atoms with Crippen molar-refractivity contribution in [3.05, 3.63) is 36.0 Å². The molecule has 1 aromatic carbocycles. The molecule has 1 atom stereocenters. The molecule has 146 valence electrons. The van der Waals surface area contributed by atoms with Gasteiger partial charge < -0.3 is 15.6 Å². The summed E-state index contributed by atoms with van der Waals surface area (Å²) in [6.07, 6.45) is 6.93. The molecule has 1 aliphatic heterocycles. The zero-order chi connectivity index (χ0) is 19.3. The summed E-state index contributed by atoms with van der Waals surface area (Å²) in [6, 6.07) is 6.95. The maximum Gasteiger partial charge on any atom is 0.325 e. The van der Waals surface area contributed by atoms with Crippen LogP contribution in [0, 0.1) is 11.8 Å². The lowest BCUT2D eigenvalue weighted by Gasteiger charge is -2.19. The van der Waals surface area contributed by atoms with Gasteiger partial charge >= 0.3 is 6.03 Å². The molecule has 1 unspecified atom stereocenters. The minimum Gasteiger partial charge on any atom is -0.361 e. The fourth-order valence-corrected chi connectivity index (χ4v) is 4.29. The maximum absolute atomic E-state index is 12.7. The average Bonchev–Trinajstić information content (AvgIpc) is 3.61. The number of H-pyrrole nitrogens is 1. The third-order valence-corrected chi connectivity index (χ3v) is 6.10. The van der Waals surface area contributed by atoms with E-state index in [9.17, 15) is 14.4 Å². The number of aromatic nitrogens is 1. The molecule has 2 aliphatic carbocycles. The number of aromatic amines is 1. The van der Waals surface area contributed by atoms with E-state index in [2.05, 4.69) is 15.6 Å². The van der Waals surface area contributed by atoms with Gasteiger partial charge in [-0.15, -0.1) is 0 Å². The van der Waals surface area contributed by atoms with Crippen LogP contribution in [0.2, 0.25) is 0 Å². The predicted molar refractivity (Wildman–Crippen MR) is 103 cm³/mol. The number of para-hydroxylation sites is 1. The van der Waals surface area contributed by atoms with Gasteiger partial charge in [0.15, 0.2) is 0 Å². The van der Waals surface area contributed by atoms with E-state index in [1.165, 1.54) is 0 Å². The molecule has 1 aromatic heterocycles. The standard InChI is InChI=1S/C21H24N4O3/c26-18(24-19(12-5-6-12)13-7-8-13)11-25-20(27)17(23-21(25)28)9-14-10-22-16-4-2-1-3-15(14)16/h1-4,10,12-13,17,19,22H,5-9,11H2,(H,23,28)(H,24,26). The Balaban J connectivity index is 1.23. The Morgan fingerprint density at radius 3 is 2.57 bits per heavy atom. The van der Waals surface area contributed by atoms with E-state index in [0.717, 1.165) is 47.0 Å². The van der Waals surface area contributed by atoms with Crippen molar-refractivity contribution in [3.8, 4) is 0 Å². The first-order chi connectivity index (χ1) is 13.6. The molecule has 2 saturated carbocycles. The monoisotopic (exact) mass is 380 g/mol. The lowest BCUT2D eigenvalue weighted by atomic mass is 10.1. The van der Waals surface area contributed by atoms with Gasteiger partial charge in [0.1, 0.15) is 12.6 Å². The highest BCUT2D eigenvalue weighted by Crippen LogP contribution is 2.44.